The maximum absolute atomic E-state index is 11.7. The Bertz CT molecular complexity index is 429. The molecule has 17 heavy (non-hydrogen) atoms. The van der Waals surface area contributed by atoms with E-state index in [9.17, 15) is 9.59 Å². The summed E-state index contributed by atoms with van der Waals surface area (Å²) >= 11 is 0. The van der Waals surface area contributed by atoms with Crippen molar-refractivity contribution >= 4 is 11.9 Å². The molecule has 0 bridgehead atoms. The van der Waals surface area contributed by atoms with E-state index < -0.39 is 11.9 Å². The van der Waals surface area contributed by atoms with Crippen LogP contribution in [-0.4, -0.2) is 23.7 Å². The maximum atomic E-state index is 11.7. The van der Waals surface area contributed by atoms with Crippen LogP contribution < -0.4 is 0 Å². The highest BCUT2D eigenvalue weighted by molar-refractivity contribution is 5.94. The maximum Gasteiger partial charge on any atom is 0.338 e. The minimum Gasteiger partial charge on any atom is -0.478 e. The molecule has 92 valence electrons. The van der Waals surface area contributed by atoms with Crippen molar-refractivity contribution in [3.8, 4) is 0 Å². The molecule has 4 nitrogen and oxygen atoms in total. The number of aromatic carboxylic acids is 1. The number of rotatable bonds is 3. The van der Waals surface area contributed by atoms with Gasteiger partial charge in [-0.25, -0.2) is 9.59 Å². The molecule has 0 atom stereocenters. The van der Waals surface area contributed by atoms with Gasteiger partial charge in [0, 0.05) is 0 Å². The summed E-state index contributed by atoms with van der Waals surface area (Å²) in [4.78, 5) is 22.4. The Morgan fingerprint density at radius 2 is 1.82 bits per heavy atom. The van der Waals surface area contributed by atoms with Crippen LogP contribution in [0.2, 0.25) is 0 Å². The average Bonchev–Trinajstić information content (AvgIpc) is 2.25. The van der Waals surface area contributed by atoms with Crippen molar-refractivity contribution in [2.45, 2.75) is 20.8 Å². The first-order valence-corrected chi connectivity index (χ1v) is 5.30. The first kappa shape index (κ1) is 13.2. The molecule has 4 heteroatoms. The Morgan fingerprint density at radius 3 is 2.35 bits per heavy atom. The van der Waals surface area contributed by atoms with Gasteiger partial charge in [-0.2, -0.15) is 0 Å². The lowest BCUT2D eigenvalue weighted by molar-refractivity contribution is 0.0367. The molecule has 0 heterocycles. The second-order valence-electron chi connectivity index (χ2n) is 5.02. The minimum atomic E-state index is -1.06. The summed E-state index contributed by atoms with van der Waals surface area (Å²) in [6.45, 7) is 6.15. The van der Waals surface area contributed by atoms with Crippen molar-refractivity contribution in [2.24, 2.45) is 5.41 Å². The molecule has 0 aliphatic rings. The molecule has 0 aliphatic carbocycles. The number of hydrogen-bond donors (Lipinski definition) is 1. The number of carbonyl (C=O) groups is 2. The molecule has 0 amide bonds. The number of benzene rings is 1. The number of carboxylic acids is 1. The van der Waals surface area contributed by atoms with Gasteiger partial charge in [0.1, 0.15) is 0 Å². The fourth-order valence-electron chi connectivity index (χ4n) is 1.14. The lowest BCUT2D eigenvalue weighted by Gasteiger charge is -2.17. The van der Waals surface area contributed by atoms with Crippen LogP contribution in [0.15, 0.2) is 24.3 Å². The smallest absolute Gasteiger partial charge is 0.338 e. The van der Waals surface area contributed by atoms with Crippen LogP contribution in [0.5, 0.6) is 0 Å². The fraction of sp³-hybridized carbons (Fsp3) is 0.385. The quantitative estimate of drug-likeness (QED) is 0.819. The highest BCUT2D eigenvalue weighted by Gasteiger charge is 2.15. The molecular weight excluding hydrogens is 220 g/mol. The molecule has 0 spiro atoms. The van der Waals surface area contributed by atoms with Gasteiger partial charge in [-0.15, -0.1) is 0 Å². The first-order valence-electron chi connectivity index (χ1n) is 5.30. The second kappa shape index (κ2) is 4.99. The van der Waals surface area contributed by atoms with Crippen molar-refractivity contribution in [3.05, 3.63) is 35.4 Å². The molecule has 0 aliphatic heterocycles. The van der Waals surface area contributed by atoms with E-state index in [4.69, 9.17) is 9.84 Å². The molecule has 0 aromatic heterocycles. The SMILES string of the molecule is CC(C)(C)COC(=O)c1cccc(C(=O)O)c1. The fourth-order valence-corrected chi connectivity index (χ4v) is 1.14. The third-order valence-corrected chi connectivity index (χ3v) is 1.98. The van der Waals surface area contributed by atoms with Gasteiger partial charge in [0.2, 0.25) is 0 Å². The molecule has 1 aromatic rings. The predicted molar refractivity (Wildman–Crippen MR) is 63.1 cm³/mol. The van der Waals surface area contributed by atoms with E-state index >= 15 is 0 Å². The summed E-state index contributed by atoms with van der Waals surface area (Å²) in [5.41, 5.74) is 0.226. The zero-order chi connectivity index (χ0) is 13.1. The van der Waals surface area contributed by atoms with E-state index in [1.54, 1.807) is 0 Å². The minimum absolute atomic E-state index is 0.0789. The molecule has 1 rings (SSSR count). The number of hydrogen-bond acceptors (Lipinski definition) is 3. The number of esters is 1. The van der Waals surface area contributed by atoms with Crippen LogP contribution in [0.4, 0.5) is 0 Å². The molecule has 1 N–H and O–H groups in total. The van der Waals surface area contributed by atoms with Crippen molar-refractivity contribution < 1.29 is 19.4 Å². The summed E-state index contributed by atoms with van der Waals surface area (Å²) in [6, 6.07) is 5.81. The number of carboxylic acid groups (broad SMARTS) is 1. The standard InChI is InChI=1S/C13H16O4/c1-13(2,3)8-17-12(16)10-6-4-5-9(7-10)11(14)15/h4-7H,8H2,1-3H3,(H,14,15). The third-order valence-electron chi connectivity index (χ3n) is 1.98. The predicted octanol–water partition coefficient (Wildman–Crippen LogP) is 2.59. The van der Waals surface area contributed by atoms with Crippen LogP contribution in [0, 0.1) is 5.41 Å². The van der Waals surface area contributed by atoms with Crippen LogP contribution in [-0.2, 0) is 4.74 Å². The van der Waals surface area contributed by atoms with Gasteiger partial charge < -0.3 is 9.84 Å². The monoisotopic (exact) mass is 236 g/mol. The lowest BCUT2D eigenvalue weighted by atomic mass is 9.99. The van der Waals surface area contributed by atoms with Gasteiger partial charge in [-0.05, 0) is 23.6 Å². The Labute approximate surface area is 100 Å². The Hall–Kier alpha value is -1.84. The van der Waals surface area contributed by atoms with Crippen LogP contribution in [0.3, 0.4) is 0 Å². The Kier molecular flexibility index (Phi) is 3.89. The molecule has 1 aromatic carbocycles. The van der Waals surface area contributed by atoms with Crippen molar-refractivity contribution in [3.63, 3.8) is 0 Å². The largest absolute Gasteiger partial charge is 0.478 e. The summed E-state index contributed by atoms with van der Waals surface area (Å²) in [5, 5.41) is 8.80. The zero-order valence-electron chi connectivity index (χ0n) is 10.2. The first-order chi connectivity index (χ1) is 7.79. The van der Waals surface area contributed by atoms with E-state index in [1.165, 1.54) is 24.3 Å². The molecule has 0 unspecified atom stereocenters. The van der Waals surface area contributed by atoms with E-state index in [0.717, 1.165) is 0 Å². The van der Waals surface area contributed by atoms with Crippen molar-refractivity contribution in [2.75, 3.05) is 6.61 Å². The highest BCUT2D eigenvalue weighted by Crippen LogP contribution is 2.15. The summed E-state index contributed by atoms with van der Waals surface area (Å²) in [5.74, 6) is -1.56. The average molecular weight is 236 g/mol. The van der Waals surface area contributed by atoms with Gasteiger partial charge in [0.25, 0.3) is 0 Å². The summed E-state index contributed by atoms with van der Waals surface area (Å²) < 4.78 is 5.10. The summed E-state index contributed by atoms with van der Waals surface area (Å²) in [6.07, 6.45) is 0. The van der Waals surface area contributed by atoms with Crippen molar-refractivity contribution in [1.29, 1.82) is 0 Å². The number of carbonyl (C=O) groups excluding carboxylic acids is 1. The lowest BCUT2D eigenvalue weighted by Crippen LogP contribution is -2.18. The topological polar surface area (TPSA) is 63.6 Å². The van der Waals surface area contributed by atoms with Gasteiger partial charge in [0.15, 0.2) is 0 Å². The van der Waals surface area contributed by atoms with Gasteiger partial charge in [-0.3, -0.25) is 0 Å². The van der Waals surface area contributed by atoms with Crippen LogP contribution >= 0.6 is 0 Å². The highest BCUT2D eigenvalue weighted by atomic mass is 16.5. The summed E-state index contributed by atoms with van der Waals surface area (Å²) in [7, 11) is 0. The Balaban J connectivity index is 2.76. The zero-order valence-corrected chi connectivity index (χ0v) is 10.2. The molecule has 0 fully saturated rings. The Morgan fingerprint density at radius 1 is 1.24 bits per heavy atom. The molecule has 0 radical (unpaired) electrons. The van der Waals surface area contributed by atoms with Crippen LogP contribution in [0.25, 0.3) is 0 Å². The molecular formula is C13H16O4. The second-order valence-corrected chi connectivity index (χ2v) is 5.02. The van der Waals surface area contributed by atoms with E-state index in [1.807, 2.05) is 20.8 Å². The normalized spacial score (nSPS) is 11.0. The van der Waals surface area contributed by atoms with Crippen molar-refractivity contribution in [1.82, 2.24) is 0 Å². The van der Waals surface area contributed by atoms with Gasteiger partial charge in [-0.1, -0.05) is 26.8 Å². The third kappa shape index (κ3) is 4.26. The van der Waals surface area contributed by atoms with Gasteiger partial charge in [0.05, 0.1) is 17.7 Å². The molecule has 0 saturated heterocycles. The van der Waals surface area contributed by atoms with E-state index in [2.05, 4.69) is 0 Å². The van der Waals surface area contributed by atoms with Gasteiger partial charge >= 0.3 is 11.9 Å². The van der Waals surface area contributed by atoms with E-state index in [0.29, 0.717) is 6.61 Å². The van der Waals surface area contributed by atoms with Crippen LogP contribution in [0.1, 0.15) is 41.5 Å². The van der Waals surface area contributed by atoms with E-state index in [-0.39, 0.29) is 16.5 Å². The molecule has 0 saturated carbocycles. The number of ether oxygens (including phenoxy) is 1.